The summed E-state index contributed by atoms with van der Waals surface area (Å²) in [5.41, 5.74) is 2.23. The number of aryl methyl sites for hydroxylation is 1. The molecule has 0 saturated heterocycles. The van der Waals surface area contributed by atoms with Crippen molar-refractivity contribution in [3.8, 4) is 11.3 Å². The molecule has 0 atom stereocenters. The highest BCUT2D eigenvalue weighted by Gasteiger charge is 2.16. The van der Waals surface area contributed by atoms with Crippen molar-refractivity contribution < 1.29 is 4.79 Å². The summed E-state index contributed by atoms with van der Waals surface area (Å²) in [6.07, 6.45) is 3.54. The van der Waals surface area contributed by atoms with E-state index in [4.69, 9.17) is 0 Å². The number of nitrogens with zero attached hydrogens (tertiary/aromatic N) is 3. The van der Waals surface area contributed by atoms with Crippen molar-refractivity contribution in [2.45, 2.75) is 6.54 Å². The Morgan fingerprint density at radius 1 is 1.21 bits per heavy atom. The molecular formula is C18H18N4O2. The molecule has 1 N–H and O–H groups in total. The van der Waals surface area contributed by atoms with Crippen molar-refractivity contribution in [3.63, 3.8) is 0 Å². The lowest BCUT2D eigenvalue weighted by atomic mass is 10.1. The predicted octanol–water partition coefficient (Wildman–Crippen LogP) is 2.05. The zero-order valence-corrected chi connectivity index (χ0v) is 13.6. The van der Waals surface area contributed by atoms with Gasteiger partial charge in [0.05, 0.1) is 6.20 Å². The molecule has 2 heterocycles. The number of amides is 1. The number of aromatic amines is 1. The van der Waals surface area contributed by atoms with Crippen LogP contribution in [0.2, 0.25) is 0 Å². The number of carbonyl (C=O) groups is 1. The number of hydrogen-bond donors (Lipinski definition) is 1. The van der Waals surface area contributed by atoms with Crippen molar-refractivity contribution in [2.75, 3.05) is 7.05 Å². The van der Waals surface area contributed by atoms with Crippen LogP contribution in [0.15, 0.2) is 59.7 Å². The van der Waals surface area contributed by atoms with Gasteiger partial charge in [0.1, 0.15) is 5.56 Å². The third-order valence-corrected chi connectivity index (χ3v) is 3.75. The van der Waals surface area contributed by atoms with E-state index in [0.717, 1.165) is 11.1 Å². The van der Waals surface area contributed by atoms with Gasteiger partial charge in [-0.15, -0.1) is 0 Å². The zero-order valence-electron chi connectivity index (χ0n) is 13.6. The normalized spacial score (nSPS) is 10.6. The number of H-pyrrole nitrogens is 1. The second kappa shape index (κ2) is 6.54. The number of benzene rings is 1. The molecule has 0 radical (unpaired) electrons. The van der Waals surface area contributed by atoms with Gasteiger partial charge in [0.15, 0.2) is 0 Å². The molecule has 2 aromatic heterocycles. The molecule has 6 nitrogen and oxygen atoms in total. The van der Waals surface area contributed by atoms with Gasteiger partial charge in [-0.3, -0.25) is 14.3 Å². The Morgan fingerprint density at radius 3 is 2.58 bits per heavy atom. The first kappa shape index (κ1) is 15.7. The van der Waals surface area contributed by atoms with Gasteiger partial charge in [-0.05, 0) is 17.7 Å². The fourth-order valence-corrected chi connectivity index (χ4v) is 2.53. The molecule has 24 heavy (non-hydrogen) atoms. The molecular weight excluding hydrogens is 304 g/mol. The van der Waals surface area contributed by atoms with E-state index in [1.54, 1.807) is 30.1 Å². The summed E-state index contributed by atoms with van der Waals surface area (Å²) in [7, 11) is 3.48. The first-order valence-corrected chi connectivity index (χ1v) is 7.56. The van der Waals surface area contributed by atoms with Crippen LogP contribution in [0.4, 0.5) is 0 Å². The summed E-state index contributed by atoms with van der Waals surface area (Å²) in [5, 5.41) is 4.08. The third-order valence-electron chi connectivity index (χ3n) is 3.75. The standard InChI is InChI=1S/C18H18N4O2/c1-21(11-13-10-19-22(2)12-13)18(24)15-8-9-16(20-17(15)23)14-6-4-3-5-7-14/h3-10,12H,11H2,1-2H3,(H,20,23). The summed E-state index contributed by atoms with van der Waals surface area (Å²) in [5.74, 6) is -0.320. The average Bonchev–Trinajstić information content (AvgIpc) is 3.00. The van der Waals surface area contributed by atoms with E-state index in [0.29, 0.717) is 12.2 Å². The average molecular weight is 322 g/mol. The van der Waals surface area contributed by atoms with Crippen LogP contribution in [0.25, 0.3) is 11.3 Å². The first-order chi connectivity index (χ1) is 11.5. The van der Waals surface area contributed by atoms with Crippen LogP contribution in [0.3, 0.4) is 0 Å². The lowest BCUT2D eigenvalue weighted by Crippen LogP contribution is -2.31. The van der Waals surface area contributed by atoms with E-state index in [1.165, 1.54) is 4.90 Å². The molecule has 122 valence electrons. The maximum atomic E-state index is 12.5. The summed E-state index contributed by atoms with van der Waals surface area (Å²) in [6.45, 7) is 0.395. The van der Waals surface area contributed by atoms with Crippen LogP contribution >= 0.6 is 0 Å². The van der Waals surface area contributed by atoms with E-state index >= 15 is 0 Å². The molecule has 3 aromatic rings. The van der Waals surface area contributed by atoms with Gasteiger partial charge in [-0.2, -0.15) is 5.10 Å². The summed E-state index contributed by atoms with van der Waals surface area (Å²) in [4.78, 5) is 29.1. The Balaban J connectivity index is 1.81. The lowest BCUT2D eigenvalue weighted by Gasteiger charge is -2.16. The zero-order chi connectivity index (χ0) is 17.1. The number of hydrogen-bond acceptors (Lipinski definition) is 3. The van der Waals surface area contributed by atoms with Gasteiger partial charge in [0, 0.05) is 38.1 Å². The monoisotopic (exact) mass is 322 g/mol. The van der Waals surface area contributed by atoms with Crippen molar-refractivity contribution in [1.82, 2.24) is 19.7 Å². The van der Waals surface area contributed by atoms with E-state index < -0.39 is 0 Å². The maximum absolute atomic E-state index is 12.5. The van der Waals surface area contributed by atoms with Gasteiger partial charge in [0.25, 0.3) is 11.5 Å². The van der Waals surface area contributed by atoms with Gasteiger partial charge in [-0.1, -0.05) is 30.3 Å². The van der Waals surface area contributed by atoms with Crippen molar-refractivity contribution in [1.29, 1.82) is 0 Å². The Morgan fingerprint density at radius 2 is 1.96 bits per heavy atom. The quantitative estimate of drug-likeness (QED) is 0.799. The molecule has 1 amide bonds. The third kappa shape index (κ3) is 3.27. The summed E-state index contributed by atoms with van der Waals surface area (Å²) in [6, 6.07) is 12.8. The SMILES string of the molecule is CN(Cc1cnn(C)c1)C(=O)c1ccc(-c2ccccc2)[nH]c1=O. The van der Waals surface area contributed by atoms with Gasteiger partial charge < -0.3 is 9.88 Å². The molecule has 0 aliphatic heterocycles. The number of pyridine rings is 1. The second-order valence-corrected chi connectivity index (χ2v) is 5.66. The number of rotatable bonds is 4. The highest BCUT2D eigenvalue weighted by molar-refractivity contribution is 5.93. The lowest BCUT2D eigenvalue weighted by molar-refractivity contribution is 0.0783. The number of carbonyl (C=O) groups excluding carboxylic acids is 1. The van der Waals surface area contributed by atoms with Crippen LogP contribution in [0, 0.1) is 0 Å². The minimum Gasteiger partial charge on any atom is -0.337 e. The number of aromatic nitrogens is 3. The molecule has 1 aromatic carbocycles. The molecule has 0 bridgehead atoms. The highest BCUT2D eigenvalue weighted by Crippen LogP contribution is 2.15. The smallest absolute Gasteiger partial charge is 0.261 e. The van der Waals surface area contributed by atoms with Crippen molar-refractivity contribution in [3.05, 3.63) is 76.3 Å². The maximum Gasteiger partial charge on any atom is 0.261 e. The van der Waals surface area contributed by atoms with Gasteiger partial charge >= 0.3 is 0 Å². The largest absolute Gasteiger partial charge is 0.337 e. The van der Waals surface area contributed by atoms with Crippen molar-refractivity contribution >= 4 is 5.91 Å². The topological polar surface area (TPSA) is 71.0 Å². The number of nitrogens with one attached hydrogen (secondary N) is 1. The Kier molecular flexibility index (Phi) is 4.29. The fourth-order valence-electron chi connectivity index (χ4n) is 2.53. The Bertz CT molecular complexity index is 912. The molecule has 0 saturated carbocycles. The van der Waals surface area contributed by atoms with Crippen LogP contribution in [0.5, 0.6) is 0 Å². The predicted molar refractivity (Wildman–Crippen MR) is 91.5 cm³/mol. The fraction of sp³-hybridized carbons (Fsp3) is 0.167. The van der Waals surface area contributed by atoms with E-state index in [9.17, 15) is 9.59 Å². The molecule has 0 spiro atoms. The van der Waals surface area contributed by atoms with Crippen LogP contribution < -0.4 is 5.56 Å². The van der Waals surface area contributed by atoms with E-state index in [-0.39, 0.29) is 17.0 Å². The molecule has 6 heteroatoms. The summed E-state index contributed by atoms with van der Waals surface area (Å²) >= 11 is 0. The molecule has 0 unspecified atom stereocenters. The highest BCUT2D eigenvalue weighted by atomic mass is 16.2. The van der Waals surface area contributed by atoms with E-state index in [2.05, 4.69) is 10.1 Å². The van der Waals surface area contributed by atoms with Crippen molar-refractivity contribution in [2.24, 2.45) is 7.05 Å². The van der Waals surface area contributed by atoms with Gasteiger partial charge in [0.2, 0.25) is 0 Å². The molecule has 0 aliphatic rings. The molecule has 3 rings (SSSR count). The Labute approximate surface area is 139 Å². The van der Waals surface area contributed by atoms with Crippen LogP contribution in [-0.4, -0.2) is 32.6 Å². The first-order valence-electron chi connectivity index (χ1n) is 7.56. The Hall–Kier alpha value is -3.15. The second-order valence-electron chi connectivity index (χ2n) is 5.66. The van der Waals surface area contributed by atoms with Crippen LogP contribution in [0.1, 0.15) is 15.9 Å². The molecule has 0 fully saturated rings. The summed E-state index contributed by atoms with van der Waals surface area (Å²) < 4.78 is 1.68. The minimum atomic E-state index is -0.389. The van der Waals surface area contributed by atoms with Gasteiger partial charge in [-0.25, -0.2) is 0 Å². The minimum absolute atomic E-state index is 0.126. The van der Waals surface area contributed by atoms with Crippen LogP contribution in [-0.2, 0) is 13.6 Å². The molecule has 0 aliphatic carbocycles. The van der Waals surface area contributed by atoms with E-state index in [1.807, 2.05) is 43.6 Å².